The largest absolute Gasteiger partial charge is 0.397 e. The minimum atomic E-state index is -3.70. The highest BCUT2D eigenvalue weighted by Gasteiger charge is 2.19. The first-order chi connectivity index (χ1) is 8.51. The van der Waals surface area contributed by atoms with E-state index in [4.69, 9.17) is 10.9 Å². The van der Waals surface area contributed by atoms with E-state index >= 15 is 0 Å². The van der Waals surface area contributed by atoms with Crippen molar-refractivity contribution in [3.05, 3.63) is 18.2 Å². The predicted octanol–water partition coefficient (Wildman–Crippen LogP) is 2.01. The molecule has 0 aliphatic carbocycles. The zero-order chi connectivity index (χ0) is 14.8. The highest BCUT2D eigenvalue weighted by atomic mass is 32.2. The third kappa shape index (κ3) is 4.40. The molecule has 0 saturated heterocycles. The van der Waals surface area contributed by atoms with Crippen LogP contribution in [-0.2, 0) is 10.0 Å². The molecule has 0 aliphatic rings. The molecular weight excluding hydrogens is 262 g/mol. The van der Waals surface area contributed by atoms with Crippen LogP contribution in [0, 0.1) is 11.3 Å². The normalized spacial score (nSPS) is 14.2. The van der Waals surface area contributed by atoms with Gasteiger partial charge in [-0.05, 0) is 29.5 Å². The first kappa shape index (κ1) is 15.8. The van der Waals surface area contributed by atoms with Gasteiger partial charge in [0.25, 0.3) is 0 Å². The summed E-state index contributed by atoms with van der Waals surface area (Å²) in [4.78, 5) is 0.0272. The summed E-state index contributed by atoms with van der Waals surface area (Å²) in [7, 11) is -3.70. The van der Waals surface area contributed by atoms with Gasteiger partial charge in [0.15, 0.2) is 0 Å². The zero-order valence-electron chi connectivity index (χ0n) is 11.9. The SMILES string of the molecule is CC(CNc1ccc(S(N)(=O)=O)cc1N)C(C)(C)C. The van der Waals surface area contributed by atoms with Gasteiger partial charge in [-0.2, -0.15) is 0 Å². The summed E-state index contributed by atoms with van der Waals surface area (Å²) in [6.07, 6.45) is 0. The van der Waals surface area contributed by atoms with Crippen LogP contribution in [-0.4, -0.2) is 15.0 Å². The summed E-state index contributed by atoms with van der Waals surface area (Å²) in [5.41, 5.74) is 7.14. The third-order valence-corrected chi connectivity index (χ3v) is 4.34. The molecule has 0 saturated carbocycles. The number of anilines is 2. The molecule has 108 valence electrons. The van der Waals surface area contributed by atoms with Crippen molar-refractivity contribution in [2.75, 3.05) is 17.6 Å². The van der Waals surface area contributed by atoms with Gasteiger partial charge in [-0.15, -0.1) is 0 Å². The van der Waals surface area contributed by atoms with Crippen molar-refractivity contribution in [3.8, 4) is 0 Å². The molecule has 0 heterocycles. The van der Waals surface area contributed by atoms with Gasteiger partial charge in [0.05, 0.1) is 16.3 Å². The summed E-state index contributed by atoms with van der Waals surface area (Å²) in [6.45, 7) is 9.44. The number of nitrogens with two attached hydrogens (primary N) is 2. The molecule has 6 heteroatoms. The molecule has 0 radical (unpaired) electrons. The number of nitrogen functional groups attached to an aromatic ring is 1. The van der Waals surface area contributed by atoms with Gasteiger partial charge in [-0.25, -0.2) is 13.6 Å². The van der Waals surface area contributed by atoms with E-state index < -0.39 is 10.0 Å². The Morgan fingerprint density at radius 3 is 2.32 bits per heavy atom. The van der Waals surface area contributed by atoms with Crippen LogP contribution < -0.4 is 16.2 Å². The number of primary sulfonamides is 1. The monoisotopic (exact) mass is 285 g/mol. The smallest absolute Gasteiger partial charge is 0.238 e. The molecule has 5 nitrogen and oxygen atoms in total. The fourth-order valence-electron chi connectivity index (χ4n) is 1.45. The van der Waals surface area contributed by atoms with Crippen LogP contribution in [0.25, 0.3) is 0 Å². The van der Waals surface area contributed by atoms with Crippen LogP contribution in [0.3, 0.4) is 0 Å². The molecule has 1 rings (SSSR count). The summed E-state index contributed by atoms with van der Waals surface area (Å²) >= 11 is 0. The van der Waals surface area contributed by atoms with E-state index in [9.17, 15) is 8.42 Å². The highest BCUT2D eigenvalue weighted by molar-refractivity contribution is 7.89. The van der Waals surface area contributed by atoms with Crippen LogP contribution >= 0.6 is 0 Å². The Morgan fingerprint density at radius 1 is 1.32 bits per heavy atom. The Kier molecular flexibility index (Phi) is 4.47. The molecule has 1 atom stereocenters. The van der Waals surface area contributed by atoms with Gasteiger partial charge in [-0.1, -0.05) is 27.7 Å². The summed E-state index contributed by atoms with van der Waals surface area (Å²) < 4.78 is 22.4. The maximum absolute atomic E-state index is 11.2. The lowest BCUT2D eigenvalue weighted by Crippen LogP contribution is -2.25. The number of hydrogen-bond donors (Lipinski definition) is 3. The van der Waals surface area contributed by atoms with Gasteiger partial charge in [0.2, 0.25) is 10.0 Å². The van der Waals surface area contributed by atoms with Gasteiger partial charge in [0, 0.05) is 6.54 Å². The van der Waals surface area contributed by atoms with Crippen LogP contribution in [0.2, 0.25) is 0 Å². The number of hydrogen-bond acceptors (Lipinski definition) is 4. The molecular formula is C13H23N3O2S. The summed E-state index contributed by atoms with van der Waals surface area (Å²) in [6, 6.07) is 4.47. The molecule has 0 aliphatic heterocycles. The average Bonchev–Trinajstić information content (AvgIpc) is 2.24. The zero-order valence-corrected chi connectivity index (χ0v) is 12.7. The van der Waals surface area contributed by atoms with Gasteiger partial charge in [0.1, 0.15) is 0 Å². The molecule has 0 spiro atoms. The molecule has 19 heavy (non-hydrogen) atoms. The van der Waals surface area contributed by atoms with Crippen LogP contribution in [0.5, 0.6) is 0 Å². The first-order valence-electron chi connectivity index (χ1n) is 6.18. The molecule has 1 unspecified atom stereocenters. The van der Waals surface area contributed by atoms with Crippen molar-refractivity contribution in [1.82, 2.24) is 0 Å². The van der Waals surface area contributed by atoms with Crippen LogP contribution in [0.4, 0.5) is 11.4 Å². The van der Waals surface area contributed by atoms with Crippen LogP contribution in [0.15, 0.2) is 23.1 Å². The molecule has 5 N–H and O–H groups in total. The summed E-state index contributed by atoms with van der Waals surface area (Å²) in [5.74, 6) is 0.449. The lowest BCUT2D eigenvalue weighted by atomic mass is 9.82. The molecule has 0 bridgehead atoms. The number of nitrogens with one attached hydrogen (secondary N) is 1. The Labute approximate surface area is 115 Å². The number of rotatable bonds is 4. The fourth-order valence-corrected chi connectivity index (χ4v) is 2.00. The second-order valence-electron chi connectivity index (χ2n) is 5.94. The van der Waals surface area contributed by atoms with E-state index in [1.807, 2.05) is 0 Å². The van der Waals surface area contributed by atoms with Gasteiger partial charge < -0.3 is 11.1 Å². The maximum atomic E-state index is 11.2. The Morgan fingerprint density at radius 2 is 1.89 bits per heavy atom. The van der Waals surface area contributed by atoms with E-state index in [-0.39, 0.29) is 10.3 Å². The molecule has 1 aromatic rings. The lowest BCUT2D eigenvalue weighted by Gasteiger charge is -2.28. The average molecular weight is 285 g/mol. The van der Waals surface area contributed by atoms with Crippen molar-refractivity contribution >= 4 is 21.4 Å². The van der Waals surface area contributed by atoms with Crippen molar-refractivity contribution in [1.29, 1.82) is 0 Å². The van der Waals surface area contributed by atoms with Crippen molar-refractivity contribution in [3.63, 3.8) is 0 Å². The molecule has 1 aromatic carbocycles. The standard InChI is InChI=1S/C13H23N3O2S/c1-9(13(2,3)4)8-16-12-6-5-10(7-11(12)14)19(15,17)18/h5-7,9,16H,8,14H2,1-4H3,(H2,15,17,18). The van der Waals surface area contributed by atoms with E-state index in [2.05, 4.69) is 33.0 Å². The van der Waals surface area contributed by atoms with Crippen molar-refractivity contribution in [2.45, 2.75) is 32.6 Å². The van der Waals surface area contributed by atoms with Crippen molar-refractivity contribution in [2.24, 2.45) is 16.5 Å². The Hall–Kier alpha value is -1.27. The first-order valence-corrected chi connectivity index (χ1v) is 7.72. The van der Waals surface area contributed by atoms with Gasteiger partial charge >= 0.3 is 0 Å². The van der Waals surface area contributed by atoms with E-state index in [0.29, 0.717) is 11.6 Å². The second kappa shape index (κ2) is 5.38. The molecule has 0 aromatic heterocycles. The predicted molar refractivity (Wildman–Crippen MR) is 79.3 cm³/mol. The van der Waals surface area contributed by atoms with E-state index in [0.717, 1.165) is 12.2 Å². The van der Waals surface area contributed by atoms with Crippen LogP contribution in [0.1, 0.15) is 27.7 Å². The lowest BCUT2D eigenvalue weighted by molar-refractivity contribution is 0.274. The van der Waals surface area contributed by atoms with Gasteiger partial charge in [-0.3, -0.25) is 0 Å². The molecule has 0 fully saturated rings. The minimum Gasteiger partial charge on any atom is -0.397 e. The summed E-state index contributed by atoms with van der Waals surface area (Å²) in [5, 5.41) is 8.29. The van der Waals surface area contributed by atoms with Crippen molar-refractivity contribution < 1.29 is 8.42 Å². The Bertz CT molecular complexity index is 547. The number of benzene rings is 1. The van der Waals surface area contributed by atoms with E-state index in [1.54, 1.807) is 6.07 Å². The van der Waals surface area contributed by atoms with E-state index in [1.165, 1.54) is 12.1 Å². The molecule has 0 amide bonds. The Balaban J connectivity index is 2.82. The third-order valence-electron chi connectivity index (χ3n) is 3.43. The second-order valence-corrected chi connectivity index (χ2v) is 7.50. The minimum absolute atomic E-state index is 0.0272. The quantitative estimate of drug-likeness (QED) is 0.737. The highest BCUT2D eigenvalue weighted by Crippen LogP contribution is 2.27. The topological polar surface area (TPSA) is 98.2 Å². The maximum Gasteiger partial charge on any atom is 0.238 e. The number of sulfonamides is 1. The fraction of sp³-hybridized carbons (Fsp3) is 0.538.